The van der Waals surface area contributed by atoms with Crippen molar-refractivity contribution in [1.82, 2.24) is 4.90 Å². The predicted molar refractivity (Wildman–Crippen MR) is 50.9 cm³/mol. The van der Waals surface area contributed by atoms with Gasteiger partial charge in [0.25, 0.3) is 0 Å². The maximum atomic E-state index is 12.9. The minimum Gasteiger partial charge on any atom is -0.469 e. The number of alkyl halides is 3. The summed E-state index contributed by atoms with van der Waals surface area (Å²) in [5.41, 5.74) is -2.88. The molecule has 2 fully saturated rings. The summed E-state index contributed by atoms with van der Waals surface area (Å²) >= 11 is 0. The number of esters is 1. The van der Waals surface area contributed by atoms with Gasteiger partial charge in [0.05, 0.1) is 13.0 Å². The average Bonchev–Trinajstić information content (AvgIpc) is 2.79. The number of fused-ring (bicyclic) bond motifs is 1. The standard InChI is InChI=1S/C10H14F3NO3/c1-17-8(15)6-5-9(16,10(11,12)13)14-4-2-3-7(6)14/h6-7,16H,2-5H2,1H3/t6-,7-,9-/m1/s1. The van der Waals surface area contributed by atoms with Gasteiger partial charge >= 0.3 is 12.1 Å². The SMILES string of the molecule is COC(=O)[C@@H]1C[C@@](O)(C(F)(F)F)N2CCC[C@H]12. The molecular weight excluding hydrogens is 239 g/mol. The lowest BCUT2D eigenvalue weighted by Crippen LogP contribution is -2.55. The van der Waals surface area contributed by atoms with Gasteiger partial charge in [-0.1, -0.05) is 0 Å². The average molecular weight is 253 g/mol. The van der Waals surface area contributed by atoms with E-state index < -0.39 is 36.3 Å². The quantitative estimate of drug-likeness (QED) is 0.705. The molecule has 2 aliphatic rings. The van der Waals surface area contributed by atoms with E-state index in [1.54, 1.807) is 0 Å². The molecule has 17 heavy (non-hydrogen) atoms. The molecule has 7 heteroatoms. The maximum absolute atomic E-state index is 12.9. The van der Waals surface area contributed by atoms with Crippen LogP contribution in [0.1, 0.15) is 19.3 Å². The second-order valence-electron chi connectivity index (χ2n) is 4.55. The predicted octanol–water partition coefficient (Wildman–Crippen LogP) is 0.895. The summed E-state index contributed by atoms with van der Waals surface area (Å²) in [7, 11) is 1.15. The zero-order chi connectivity index (χ0) is 12.8. The van der Waals surface area contributed by atoms with Gasteiger partial charge in [0.15, 0.2) is 0 Å². The molecule has 4 nitrogen and oxygen atoms in total. The maximum Gasteiger partial charge on any atom is 0.431 e. The van der Waals surface area contributed by atoms with E-state index in [1.165, 1.54) is 0 Å². The molecule has 0 bridgehead atoms. The molecule has 0 aromatic heterocycles. The summed E-state index contributed by atoms with van der Waals surface area (Å²) in [4.78, 5) is 12.4. The number of methoxy groups -OCH3 is 1. The largest absolute Gasteiger partial charge is 0.469 e. The number of carbonyl (C=O) groups is 1. The van der Waals surface area contributed by atoms with Crippen LogP contribution in [0.15, 0.2) is 0 Å². The van der Waals surface area contributed by atoms with Crippen LogP contribution in [-0.4, -0.2) is 47.6 Å². The van der Waals surface area contributed by atoms with Crippen molar-refractivity contribution in [2.75, 3.05) is 13.7 Å². The lowest BCUT2D eigenvalue weighted by molar-refractivity contribution is -0.306. The van der Waals surface area contributed by atoms with Gasteiger partial charge in [-0.15, -0.1) is 0 Å². The van der Waals surface area contributed by atoms with Gasteiger partial charge in [-0.25, -0.2) is 0 Å². The normalized spacial score (nSPS) is 38.2. The summed E-state index contributed by atoms with van der Waals surface area (Å²) < 4.78 is 43.1. The summed E-state index contributed by atoms with van der Waals surface area (Å²) in [6.07, 6.45) is -4.35. The molecule has 0 aromatic rings. The molecule has 0 amide bonds. The monoisotopic (exact) mass is 253 g/mol. The molecule has 0 aromatic carbocycles. The van der Waals surface area contributed by atoms with E-state index in [2.05, 4.69) is 4.74 Å². The van der Waals surface area contributed by atoms with Crippen molar-refractivity contribution in [3.63, 3.8) is 0 Å². The van der Waals surface area contributed by atoms with Crippen LogP contribution >= 0.6 is 0 Å². The van der Waals surface area contributed by atoms with Gasteiger partial charge in [-0.05, 0) is 12.8 Å². The third-order valence-corrected chi connectivity index (χ3v) is 3.70. The van der Waals surface area contributed by atoms with Crippen LogP contribution < -0.4 is 0 Å². The van der Waals surface area contributed by atoms with Crippen LogP contribution in [0, 0.1) is 5.92 Å². The molecule has 0 saturated carbocycles. The lowest BCUT2D eigenvalue weighted by Gasteiger charge is -2.34. The molecule has 2 saturated heterocycles. The Bertz CT molecular complexity index is 333. The number of nitrogens with zero attached hydrogens (tertiary/aromatic N) is 1. The van der Waals surface area contributed by atoms with Gasteiger partial charge in [0.2, 0.25) is 5.72 Å². The highest BCUT2D eigenvalue weighted by atomic mass is 19.4. The highest BCUT2D eigenvalue weighted by Gasteiger charge is 2.67. The van der Waals surface area contributed by atoms with Crippen molar-refractivity contribution in [3.8, 4) is 0 Å². The van der Waals surface area contributed by atoms with Crippen molar-refractivity contribution >= 4 is 5.97 Å². The first-order valence-electron chi connectivity index (χ1n) is 5.45. The molecule has 2 rings (SSSR count). The first-order valence-corrected chi connectivity index (χ1v) is 5.45. The number of ether oxygens (including phenoxy) is 1. The molecule has 0 radical (unpaired) electrons. The number of hydrogen-bond donors (Lipinski definition) is 1. The van der Waals surface area contributed by atoms with Crippen LogP contribution in [0.3, 0.4) is 0 Å². The van der Waals surface area contributed by atoms with E-state index in [4.69, 9.17) is 0 Å². The smallest absolute Gasteiger partial charge is 0.431 e. The van der Waals surface area contributed by atoms with Crippen LogP contribution in [0.4, 0.5) is 13.2 Å². The fraction of sp³-hybridized carbons (Fsp3) is 0.900. The Morgan fingerprint density at radius 3 is 2.71 bits per heavy atom. The number of hydrogen-bond acceptors (Lipinski definition) is 4. The minimum absolute atomic E-state index is 0.161. The Morgan fingerprint density at radius 2 is 2.18 bits per heavy atom. The molecule has 2 aliphatic heterocycles. The van der Waals surface area contributed by atoms with Gasteiger partial charge < -0.3 is 9.84 Å². The van der Waals surface area contributed by atoms with E-state index in [0.29, 0.717) is 12.8 Å². The number of rotatable bonds is 1. The zero-order valence-electron chi connectivity index (χ0n) is 9.33. The van der Waals surface area contributed by atoms with Crippen molar-refractivity contribution in [2.24, 2.45) is 5.92 Å². The molecule has 3 atom stereocenters. The van der Waals surface area contributed by atoms with Crippen molar-refractivity contribution < 1.29 is 27.8 Å². The highest BCUT2D eigenvalue weighted by molar-refractivity contribution is 5.74. The Labute approximate surface area is 96.3 Å². The molecule has 98 valence electrons. The summed E-state index contributed by atoms with van der Waals surface area (Å²) in [6, 6.07) is -0.561. The fourth-order valence-electron chi connectivity index (χ4n) is 2.90. The number of aliphatic hydroxyl groups is 1. The molecule has 2 heterocycles. The van der Waals surface area contributed by atoms with Crippen molar-refractivity contribution in [1.29, 1.82) is 0 Å². The van der Waals surface area contributed by atoms with E-state index in [-0.39, 0.29) is 6.54 Å². The first kappa shape index (κ1) is 12.6. The second kappa shape index (κ2) is 3.84. The van der Waals surface area contributed by atoms with Crippen molar-refractivity contribution in [2.45, 2.75) is 37.2 Å². The molecule has 0 spiro atoms. The lowest BCUT2D eigenvalue weighted by atomic mass is 9.95. The van der Waals surface area contributed by atoms with Gasteiger partial charge in [-0.2, -0.15) is 13.2 Å². The van der Waals surface area contributed by atoms with Gasteiger partial charge in [0, 0.05) is 19.0 Å². The number of carbonyl (C=O) groups excluding carboxylic acids is 1. The molecule has 0 unspecified atom stereocenters. The molecule has 1 N–H and O–H groups in total. The Balaban J connectivity index is 2.31. The van der Waals surface area contributed by atoms with Crippen LogP contribution in [0.2, 0.25) is 0 Å². The Morgan fingerprint density at radius 1 is 1.53 bits per heavy atom. The van der Waals surface area contributed by atoms with E-state index in [1.807, 2.05) is 0 Å². The number of halogens is 3. The molecule has 0 aliphatic carbocycles. The van der Waals surface area contributed by atoms with Crippen molar-refractivity contribution in [3.05, 3.63) is 0 Å². The third-order valence-electron chi connectivity index (χ3n) is 3.70. The molecular formula is C10H14F3NO3. The van der Waals surface area contributed by atoms with E-state index in [9.17, 15) is 23.1 Å². The van der Waals surface area contributed by atoms with Crippen LogP contribution in [0.5, 0.6) is 0 Å². The van der Waals surface area contributed by atoms with Gasteiger partial charge in [0.1, 0.15) is 0 Å². The fourth-order valence-corrected chi connectivity index (χ4v) is 2.90. The summed E-state index contributed by atoms with van der Waals surface area (Å²) in [5.74, 6) is -1.57. The Hall–Kier alpha value is -0.820. The topological polar surface area (TPSA) is 49.8 Å². The Kier molecular flexibility index (Phi) is 2.86. The van der Waals surface area contributed by atoms with Gasteiger partial charge in [-0.3, -0.25) is 9.69 Å². The minimum atomic E-state index is -4.75. The third kappa shape index (κ3) is 1.72. The van der Waals surface area contributed by atoms with E-state index in [0.717, 1.165) is 12.0 Å². The van der Waals surface area contributed by atoms with E-state index >= 15 is 0 Å². The van der Waals surface area contributed by atoms with Crippen LogP contribution in [0.25, 0.3) is 0 Å². The second-order valence-corrected chi connectivity index (χ2v) is 4.55. The first-order chi connectivity index (χ1) is 7.81. The summed E-state index contributed by atoms with van der Waals surface area (Å²) in [5, 5.41) is 9.81. The highest BCUT2D eigenvalue weighted by Crippen LogP contribution is 2.49. The summed E-state index contributed by atoms with van der Waals surface area (Å²) in [6.45, 7) is 0.161. The van der Waals surface area contributed by atoms with Crippen LogP contribution in [-0.2, 0) is 9.53 Å². The zero-order valence-corrected chi connectivity index (χ0v) is 9.33.